The summed E-state index contributed by atoms with van der Waals surface area (Å²) in [7, 11) is 0. The number of H-pyrrole nitrogens is 1. The Balaban J connectivity index is 2.61. The van der Waals surface area contributed by atoms with Gasteiger partial charge in [0.2, 0.25) is 0 Å². The second kappa shape index (κ2) is 4.75. The minimum atomic E-state index is -0.413. The van der Waals surface area contributed by atoms with Crippen LogP contribution in [0.4, 0.5) is 5.69 Å². The standard InChI is InChI=1S/C12H15N3O3/c1-7-2-3-10(15(17)18)11-8(4-9(13)6-16)5-14-12(7)11/h2-3,5,9,14,16H,4,6,13H2,1H3/t9-/m0/s1. The average Bonchev–Trinajstić information content (AvgIpc) is 2.74. The Morgan fingerprint density at radius 2 is 2.28 bits per heavy atom. The van der Waals surface area contributed by atoms with Crippen molar-refractivity contribution in [3.8, 4) is 0 Å². The number of non-ortho nitro benzene ring substituents is 1. The molecule has 0 unspecified atom stereocenters. The van der Waals surface area contributed by atoms with E-state index >= 15 is 0 Å². The van der Waals surface area contributed by atoms with E-state index < -0.39 is 11.0 Å². The molecule has 1 atom stereocenters. The first-order chi connectivity index (χ1) is 8.54. The number of nitro groups is 1. The van der Waals surface area contributed by atoms with Crippen LogP contribution in [0.2, 0.25) is 0 Å². The molecule has 0 aliphatic rings. The topological polar surface area (TPSA) is 105 Å². The van der Waals surface area contributed by atoms with Gasteiger partial charge in [-0.1, -0.05) is 6.07 Å². The smallest absolute Gasteiger partial charge is 0.279 e. The van der Waals surface area contributed by atoms with Crippen molar-refractivity contribution in [2.75, 3.05) is 6.61 Å². The molecule has 6 nitrogen and oxygen atoms in total. The number of aliphatic hydroxyl groups excluding tert-OH is 1. The third kappa shape index (κ3) is 2.07. The summed E-state index contributed by atoms with van der Waals surface area (Å²) >= 11 is 0. The molecule has 4 N–H and O–H groups in total. The van der Waals surface area contributed by atoms with E-state index in [0.717, 1.165) is 16.6 Å². The highest BCUT2D eigenvalue weighted by atomic mass is 16.6. The quantitative estimate of drug-likeness (QED) is 0.560. The predicted molar refractivity (Wildman–Crippen MR) is 68.5 cm³/mol. The Morgan fingerprint density at radius 3 is 2.89 bits per heavy atom. The number of aromatic amines is 1. The molecule has 1 heterocycles. The lowest BCUT2D eigenvalue weighted by atomic mass is 10.0. The first-order valence-electron chi connectivity index (χ1n) is 5.65. The van der Waals surface area contributed by atoms with E-state index in [2.05, 4.69) is 4.98 Å². The maximum absolute atomic E-state index is 11.0. The summed E-state index contributed by atoms with van der Waals surface area (Å²) in [5, 5.41) is 20.6. The Bertz CT molecular complexity index is 592. The third-order valence-electron chi connectivity index (χ3n) is 3.02. The van der Waals surface area contributed by atoms with Crippen LogP contribution in [-0.2, 0) is 6.42 Å². The van der Waals surface area contributed by atoms with Crippen molar-refractivity contribution in [3.05, 3.63) is 39.6 Å². The lowest BCUT2D eigenvalue weighted by Crippen LogP contribution is -2.26. The van der Waals surface area contributed by atoms with Crippen molar-refractivity contribution in [2.45, 2.75) is 19.4 Å². The van der Waals surface area contributed by atoms with E-state index in [1.54, 1.807) is 12.3 Å². The Kier molecular flexibility index (Phi) is 3.31. The second-order valence-corrected chi connectivity index (χ2v) is 4.37. The van der Waals surface area contributed by atoms with Crippen LogP contribution in [-0.4, -0.2) is 27.7 Å². The Morgan fingerprint density at radius 1 is 1.56 bits per heavy atom. The minimum absolute atomic E-state index is 0.0667. The van der Waals surface area contributed by atoms with Gasteiger partial charge in [-0.15, -0.1) is 0 Å². The zero-order valence-corrected chi connectivity index (χ0v) is 10.0. The lowest BCUT2D eigenvalue weighted by molar-refractivity contribution is -0.383. The molecule has 0 radical (unpaired) electrons. The monoisotopic (exact) mass is 249 g/mol. The third-order valence-corrected chi connectivity index (χ3v) is 3.02. The van der Waals surface area contributed by atoms with Crippen LogP contribution in [0.3, 0.4) is 0 Å². The SMILES string of the molecule is Cc1ccc([N+](=O)[O-])c2c(C[C@H](N)CO)c[nH]c12. The molecule has 2 rings (SSSR count). The number of nitro benzene ring substituents is 1. The summed E-state index contributed by atoms with van der Waals surface area (Å²) in [6.07, 6.45) is 2.13. The van der Waals surface area contributed by atoms with Crippen LogP contribution in [0.1, 0.15) is 11.1 Å². The summed E-state index contributed by atoms with van der Waals surface area (Å²) in [6.45, 7) is 1.74. The van der Waals surface area contributed by atoms with Crippen LogP contribution < -0.4 is 5.73 Å². The number of hydrogen-bond acceptors (Lipinski definition) is 4. The molecular formula is C12H15N3O3. The van der Waals surface area contributed by atoms with E-state index in [-0.39, 0.29) is 12.3 Å². The van der Waals surface area contributed by atoms with Gasteiger partial charge in [-0.2, -0.15) is 0 Å². The highest BCUT2D eigenvalue weighted by Crippen LogP contribution is 2.31. The van der Waals surface area contributed by atoms with Crippen molar-refractivity contribution in [1.29, 1.82) is 0 Å². The van der Waals surface area contributed by atoms with Gasteiger partial charge in [0.15, 0.2) is 0 Å². The summed E-state index contributed by atoms with van der Waals surface area (Å²) in [4.78, 5) is 13.7. The van der Waals surface area contributed by atoms with Crippen molar-refractivity contribution in [3.63, 3.8) is 0 Å². The number of benzene rings is 1. The highest BCUT2D eigenvalue weighted by Gasteiger charge is 2.19. The van der Waals surface area contributed by atoms with Gasteiger partial charge in [0, 0.05) is 18.3 Å². The molecule has 96 valence electrons. The van der Waals surface area contributed by atoms with Crippen LogP contribution >= 0.6 is 0 Å². The van der Waals surface area contributed by atoms with Crippen LogP contribution in [0.25, 0.3) is 10.9 Å². The molecule has 0 saturated carbocycles. The first kappa shape index (κ1) is 12.5. The summed E-state index contributed by atoms with van der Waals surface area (Å²) in [6, 6.07) is 2.80. The number of fused-ring (bicyclic) bond motifs is 1. The second-order valence-electron chi connectivity index (χ2n) is 4.37. The summed E-state index contributed by atoms with van der Waals surface area (Å²) in [5.41, 5.74) is 8.22. The van der Waals surface area contributed by atoms with Crippen molar-refractivity contribution < 1.29 is 10.0 Å². The van der Waals surface area contributed by atoms with Gasteiger partial charge in [-0.3, -0.25) is 10.1 Å². The zero-order chi connectivity index (χ0) is 13.3. The Labute approximate surface area is 104 Å². The fraction of sp³-hybridized carbons (Fsp3) is 0.333. The maximum atomic E-state index is 11.0. The van der Waals surface area contributed by atoms with Gasteiger partial charge >= 0.3 is 0 Å². The number of hydrogen-bond donors (Lipinski definition) is 3. The molecule has 0 spiro atoms. The van der Waals surface area contributed by atoms with E-state index in [0.29, 0.717) is 11.8 Å². The molecule has 0 aliphatic carbocycles. The Hall–Kier alpha value is -1.92. The van der Waals surface area contributed by atoms with Crippen LogP contribution in [0, 0.1) is 17.0 Å². The molecule has 0 aliphatic heterocycles. The molecule has 0 saturated heterocycles. The molecule has 18 heavy (non-hydrogen) atoms. The maximum Gasteiger partial charge on any atom is 0.279 e. The number of nitrogens with zero attached hydrogens (tertiary/aromatic N) is 1. The lowest BCUT2D eigenvalue weighted by Gasteiger charge is -2.07. The fourth-order valence-electron chi connectivity index (χ4n) is 2.10. The van der Waals surface area contributed by atoms with E-state index in [1.165, 1.54) is 6.07 Å². The zero-order valence-electron chi connectivity index (χ0n) is 10.0. The van der Waals surface area contributed by atoms with Crippen molar-refractivity contribution in [2.24, 2.45) is 5.73 Å². The van der Waals surface area contributed by atoms with Crippen molar-refractivity contribution in [1.82, 2.24) is 4.98 Å². The van der Waals surface area contributed by atoms with E-state index in [9.17, 15) is 10.1 Å². The van der Waals surface area contributed by atoms with Gasteiger partial charge in [0.1, 0.15) is 0 Å². The summed E-state index contributed by atoms with van der Waals surface area (Å²) < 4.78 is 0. The number of aryl methyl sites for hydroxylation is 1. The predicted octanol–water partition coefficient (Wildman–Crippen LogP) is 1.25. The average molecular weight is 249 g/mol. The van der Waals surface area contributed by atoms with Crippen LogP contribution in [0.15, 0.2) is 18.3 Å². The molecule has 2 aromatic rings. The molecule has 0 bridgehead atoms. The molecule has 1 aromatic carbocycles. The number of nitrogens with one attached hydrogen (secondary N) is 1. The molecule has 6 heteroatoms. The van der Waals surface area contributed by atoms with Crippen molar-refractivity contribution >= 4 is 16.6 Å². The van der Waals surface area contributed by atoms with Gasteiger partial charge < -0.3 is 15.8 Å². The normalized spacial score (nSPS) is 12.8. The molecule has 0 amide bonds. The number of rotatable bonds is 4. The van der Waals surface area contributed by atoms with E-state index in [1.807, 2.05) is 6.92 Å². The number of aromatic nitrogens is 1. The van der Waals surface area contributed by atoms with Gasteiger partial charge in [0.05, 0.1) is 22.4 Å². The van der Waals surface area contributed by atoms with Gasteiger partial charge in [-0.05, 0) is 24.5 Å². The molecular weight excluding hydrogens is 234 g/mol. The van der Waals surface area contributed by atoms with Gasteiger partial charge in [0.25, 0.3) is 5.69 Å². The minimum Gasteiger partial charge on any atom is -0.395 e. The van der Waals surface area contributed by atoms with E-state index in [4.69, 9.17) is 10.8 Å². The molecule has 0 fully saturated rings. The molecule has 1 aromatic heterocycles. The fourth-order valence-corrected chi connectivity index (χ4v) is 2.10. The highest BCUT2D eigenvalue weighted by molar-refractivity contribution is 5.94. The first-order valence-corrected chi connectivity index (χ1v) is 5.65. The summed E-state index contributed by atoms with van der Waals surface area (Å²) in [5.74, 6) is 0. The van der Waals surface area contributed by atoms with Gasteiger partial charge in [-0.25, -0.2) is 0 Å². The van der Waals surface area contributed by atoms with Crippen LogP contribution in [0.5, 0.6) is 0 Å². The number of aliphatic hydroxyl groups is 1. The number of nitrogens with two attached hydrogens (primary N) is 1. The largest absolute Gasteiger partial charge is 0.395 e.